The molecule has 1 aliphatic rings. The van der Waals surface area contributed by atoms with Crippen molar-refractivity contribution in [2.75, 3.05) is 21.3 Å². The molecule has 0 unspecified atom stereocenters. The zero-order chi connectivity index (χ0) is 11.6. The standard InChI is InChI=1S/C12H18N2O2/c1-13-12(4-5-12)7-9-6-11(16-3)14-8-10(9)15-2/h6,8,13H,4-5,7H2,1-3H3. The van der Waals surface area contributed by atoms with Crippen LogP contribution in [0.1, 0.15) is 18.4 Å². The average Bonchev–Trinajstić information content (AvgIpc) is 3.09. The van der Waals surface area contributed by atoms with Crippen molar-refractivity contribution in [3.63, 3.8) is 0 Å². The molecule has 1 aliphatic carbocycles. The first-order valence-corrected chi connectivity index (χ1v) is 5.49. The van der Waals surface area contributed by atoms with Crippen LogP contribution in [0.2, 0.25) is 0 Å². The lowest BCUT2D eigenvalue weighted by Crippen LogP contribution is -2.29. The Bertz CT molecular complexity index is 375. The van der Waals surface area contributed by atoms with Crippen LogP contribution in [0.25, 0.3) is 0 Å². The Morgan fingerprint density at radius 2 is 2.12 bits per heavy atom. The third kappa shape index (κ3) is 2.11. The van der Waals surface area contributed by atoms with Gasteiger partial charge in [0.15, 0.2) is 0 Å². The summed E-state index contributed by atoms with van der Waals surface area (Å²) in [4.78, 5) is 4.14. The minimum absolute atomic E-state index is 0.264. The van der Waals surface area contributed by atoms with E-state index in [1.165, 1.54) is 12.8 Å². The van der Waals surface area contributed by atoms with E-state index in [9.17, 15) is 0 Å². The number of hydrogen-bond acceptors (Lipinski definition) is 4. The van der Waals surface area contributed by atoms with Gasteiger partial charge >= 0.3 is 0 Å². The molecule has 2 rings (SSSR count). The van der Waals surface area contributed by atoms with E-state index in [1.54, 1.807) is 20.4 Å². The Morgan fingerprint density at radius 1 is 1.38 bits per heavy atom. The topological polar surface area (TPSA) is 43.4 Å². The summed E-state index contributed by atoms with van der Waals surface area (Å²) in [5.74, 6) is 1.48. The van der Waals surface area contributed by atoms with E-state index in [0.717, 1.165) is 17.7 Å². The molecule has 0 atom stereocenters. The van der Waals surface area contributed by atoms with Crippen LogP contribution in [0, 0.1) is 0 Å². The number of nitrogens with one attached hydrogen (secondary N) is 1. The van der Waals surface area contributed by atoms with Crippen LogP contribution in [-0.2, 0) is 6.42 Å². The summed E-state index contributed by atoms with van der Waals surface area (Å²) in [5, 5.41) is 3.37. The fourth-order valence-corrected chi connectivity index (χ4v) is 1.93. The second kappa shape index (κ2) is 4.29. The van der Waals surface area contributed by atoms with Gasteiger partial charge in [0.25, 0.3) is 0 Å². The Labute approximate surface area is 96.0 Å². The number of methoxy groups -OCH3 is 2. The molecule has 1 aromatic rings. The van der Waals surface area contributed by atoms with E-state index < -0.39 is 0 Å². The number of ether oxygens (including phenoxy) is 2. The van der Waals surface area contributed by atoms with Crippen molar-refractivity contribution < 1.29 is 9.47 Å². The lowest BCUT2D eigenvalue weighted by atomic mass is 10.0. The first-order chi connectivity index (χ1) is 7.73. The van der Waals surface area contributed by atoms with Gasteiger partial charge in [-0.2, -0.15) is 0 Å². The fraction of sp³-hybridized carbons (Fsp3) is 0.583. The molecule has 1 fully saturated rings. The Kier molecular flexibility index (Phi) is 3.01. The maximum atomic E-state index is 5.32. The van der Waals surface area contributed by atoms with Gasteiger partial charge in [-0.1, -0.05) is 0 Å². The number of nitrogens with zero attached hydrogens (tertiary/aromatic N) is 1. The third-order valence-electron chi connectivity index (χ3n) is 3.27. The maximum Gasteiger partial charge on any atom is 0.213 e. The summed E-state index contributed by atoms with van der Waals surface area (Å²) in [7, 11) is 5.31. The quantitative estimate of drug-likeness (QED) is 0.817. The first-order valence-electron chi connectivity index (χ1n) is 5.49. The second-order valence-electron chi connectivity index (χ2n) is 4.25. The molecular weight excluding hydrogens is 204 g/mol. The molecule has 4 heteroatoms. The minimum atomic E-state index is 0.264. The predicted molar refractivity (Wildman–Crippen MR) is 62.1 cm³/mol. The van der Waals surface area contributed by atoms with Crippen LogP contribution in [-0.4, -0.2) is 31.8 Å². The average molecular weight is 222 g/mol. The molecule has 1 N–H and O–H groups in total. The maximum absolute atomic E-state index is 5.32. The molecule has 0 spiro atoms. The molecule has 88 valence electrons. The Balaban J connectivity index is 2.23. The molecule has 1 heterocycles. The van der Waals surface area contributed by atoms with Crippen molar-refractivity contribution >= 4 is 0 Å². The van der Waals surface area contributed by atoms with Gasteiger partial charge < -0.3 is 14.8 Å². The van der Waals surface area contributed by atoms with Gasteiger partial charge in [-0.15, -0.1) is 0 Å². The van der Waals surface area contributed by atoms with Crippen LogP contribution in [0.4, 0.5) is 0 Å². The second-order valence-corrected chi connectivity index (χ2v) is 4.25. The highest BCUT2D eigenvalue weighted by Gasteiger charge is 2.41. The third-order valence-corrected chi connectivity index (χ3v) is 3.27. The summed E-state index contributed by atoms with van der Waals surface area (Å²) in [6, 6.07) is 1.95. The highest BCUT2D eigenvalue weighted by atomic mass is 16.5. The van der Waals surface area contributed by atoms with Crippen LogP contribution >= 0.6 is 0 Å². The molecule has 1 saturated carbocycles. The van der Waals surface area contributed by atoms with E-state index in [2.05, 4.69) is 10.3 Å². The molecule has 0 aliphatic heterocycles. The van der Waals surface area contributed by atoms with Crippen LogP contribution in [0.5, 0.6) is 11.6 Å². The van der Waals surface area contributed by atoms with E-state index in [1.807, 2.05) is 13.1 Å². The van der Waals surface area contributed by atoms with Gasteiger partial charge in [0.05, 0.1) is 20.4 Å². The Morgan fingerprint density at radius 3 is 2.62 bits per heavy atom. The summed E-state index contributed by atoms with van der Waals surface area (Å²) < 4.78 is 10.5. The lowest BCUT2D eigenvalue weighted by molar-refractivity contribution is 0.381. The van der Waals surface area contributed by atoms with Crippen molar-refractivity contribution in [2.24, 2.45) is 0 Å². The molecule has 16 heavy (non-hydrogen) atoms. The highest BCUT2D eigenvalue weighted by molar-refractivity contribution is 5.37. The number of aromatic nitrogens is 1. The van der Waals surface area contributed by atoms with Gasteiger partial charge in [-0.25, -0.2) is 4.98 Å². The number of rotatable bonds is 5. The van der Waals surface area contributed by atoms with E-state index in [0.29, 0.717) is 5.88 Å². The van der Waals surface area contributed by atoms with E-state index >= 15 is 0 Å². The largest absolute Gasteiger partial charge is 0.495 e. The normalized spacial score (nSPS) is 16.9. The predicted octanol–water partition coefficient (Wildman–Crippen LogP) is 1.39. The molecule has 0 aromatic carbocycles. The molecule has 0 saturated heterocycles. The van der Waals surface area contributed by atoms with Crippen molar-refractivity contribution in [1.29, 1.82) is 0 Å². The molecule has 4 nitrogen and oxygen atoms in total. The Hall–Kier alpha value is -1.29. The summed E-state index contributed by atoms with van der Waals surface area (Å²) in [6.45, 7) is 0. The van der Waals surface area contributed by atoms with Crippen LogP contribution < -0.4 is 14.8 Å². The monoisotopic (exact) mass is 222 g/mol. The zero-order valence-corrected chi connectivity index (χ0v) is 10.0. The van der Waals surface area contributed by atoms with Crippen LogP contribution in [0.3, 0.4) is 0 Å². The number of likely N-dealkylation sites (N-methyl/N-ethyl adjacent to an activating group) is 1. The van der Waals surface area contributed by atoms with Crippen molar-refractivity contribution in [3.8, 4) is 11.6 Å². The molecule has 0 bridgehead atoms. The summed E-state index contributed by atoms with van der Waals surface area (Å²) in [5.41, 5.74) is 1.42. The number of hydrogen-bond donors (Lipinski definition) is 1. The first kappa shape index (κ1) is 11.2. The van der Waals surface area contributed by atoms with Crippen molar-refractivity contribution in [3.05, 3.63) is 17.8 Å². The minimum Gasteiger partial charge on any atom is -0.495 e. The van der Waals surface area contributed by atoms with Crippen LogP contribution in [0.15, 0.2) is 12.3 Å². The van der Waals surface area contributed by atoms with Gasteiger partial charge in [-0.3, -0.25) is 0 Å². The van der Waals surface area contributed by atoms with E-state index in [-0.39, 0.29) is 5.54 Å². The molecular formula is C12H18N2O2. The van der Waals surface area contributed by atoms with Gasteiger partial charge in [0, 0.05) is 17.2 Å². The molecule has 1 aromatic heterocycles. The van der Waals surface area contributed by atoms with Crippen molar-refractivity contribution in [2.45, 2.75) is 24.8 Å². The van der Waals surface area contributed by atoms with Gasteiger partial charge in [0.2, 0.25) is 5.88 Å². The van der Waals surface area contributed by atoms with Gasteiger partial charge in [0.1, 0.15) is 5.75 Å². The number of pyridine rings is 1. The van der Waals surface area contributed by atoms with Gasteiger partial charge in [-0.05, 0) is 26.3 Å². The highest BCUT2D eigenvalue weighted by Crippen LogP contribution is 2.40. The van der Waals surface area contributed by atoms with E-state index in [4.69, 9.17) is 9.47 Å². The zero-order valence-electron chi connectivity index (χ0n) is 10.0. The molecule has 0 radical (unpaired) electrons. The van der Waals surface area contributed by atoms with Crippen molar-refractivity contribution in [1.82, 2.24) is 10.3 Å². The smallest absolute Gasteiger partial charge is 0.213 e. The molecule has 0 amide bonds. The SMILES string of the molecule is CNC1(Cc2cc(OC)ncc2OC)CC1. The fourth-order valence-electron chi connectivity index (χ4n) is 1.93. The summed E-state index contributed by atoms with van der Waals surface area (Å²) in [6.07, 6.45) is 5.13. The lowest BCUT2D eigenvalue weighted by Gasteiger charge is -2.16. The summed E-state index contributed by atoms with van der Waals surface area (Å²) >= 11 is 0.